The molecule has 1 aliphatic heterocycles. The van der Waals surface area contributed by atoms with E-state index in [1.54, 1.807) is 43.4 Å². The number of thioether (sulfide) groups is 1. The summed E-state index contributed by atoms with van der Waals surface area (Å²) in [6, 6.07) is 14.1. The zero-order valence-electron chi connectivity index (χ0n) is 14.8. The first-order valence-corrected chi connectivity index (χ1v) is 9.45. The lowest BCUT2D eigenvalue weighted by molar-refractivity contribution is -0.121. The number of hydrogen-bond donors (Lipinski definition) is 1. The average Bonchev–Trinajstić information content (AvgIpc) is 2.96. The molecule has 0 radical (unpaired) electrons. The number of hydrogen-bond acceptors (Lipinski definition) is 5. The smallest absolute Gasteiger partial charge is 0.248 e. The summed E-state index contributed by atoms with van der Waals surface area (Å²) < 4.78 is 5.28. The van der Waals surface area contributed by atoms with E-state index in [-0.39, 0.29) is 18.2 Å². The van der Waals surface area contributed by atoms with Gasteiger partial charge in [0.2, 0.25) is 11.8 Å². The van der Waals surface area contributed by atoms with Gasteiger partial charge in [0.25, 0.3) is 0 Å². The number of halogens is 1. The van der Waals surface area contributed by atoms with Crippen molar-refractivity contribution in [2.24, 2.45) is 4.99 Å². The number of ether oxygens (including phenoxy) is 1. The normalized spacial score (nSPS) is 17.4. The van der Waals surface area contributed by atoms with E-state index in [9.17, 15) is 9.59 Å². The second-order valence-electron chi connectivity index (χ2n) is 5.71. The molecular weight excluding hydrogens is 386 g/mol. The standard InChI is InChI=1S/C19H18ClN3O3S/c1-21-19(22-13-9-7-12(20)8-10-13)27-16-11-17(24)23(18(16)25)14-5-3-4-6-15(14)26-2/h3-10,16H,11H2,1-2H3,(H,21,22)/t16-/m0/s1. The van der Waals surface area contributed by atoms with Crippen LogP contribution in [0.25, 0.3) is 0 Å². The zero-order chi connectivity index (χ0) is 19.4. The van der Waals surface area contributed by atoms with E-state index < -0.39 is 5.25 Å². The van der Waals surface area contributed by atoms with Crippen LogP contribution in [0.3, 0.4) is 0 Å². The molecule has 1 atom stereocenters. The van der Waals surface area contributed by atoms with Crippen LogP contribution in [-0.4, -0.2) is 36.4 Å². The molecule has 1 saturated heterocycles. The van der Waals surface area contributed by atoms with Crippen molar-refractivity contribution < 1.29 is 14.3 Å². The van der Waals surface area contributed by atoms with Crippen LogP contribution in [0.15, 0.2) is 53.5 Å². The lowest BCUT2D eigenvalue weighted by atomic mass is 10.2. The summed E-state index contributed by atoms with van der Waals surface area (Å²) in [5.74, 6) is -0.0639. The van der Waals surface area contributed by atoms with E-state index in [2.05, 4.69) is 10.3 Å². The fourth-order valence-corrected chi connectivity index (χ4v) is 3.80. The van der Waals surface area contributed by atoms with Crippen LogP contribution in [0.1, 0.15) is 6.42 Å². The molecule has 2 aromatic rings. The van der Waals surface area contributed by atoms with Gasteiger partial charge in [-0.05, 0) is 36.4 Å². The zero-order valence-corrected chi connectivity index (χ0v) is 16.4. The molecular formula is C19H18ClN3O3S. The molecule has 2 aromatic carbocycles. The summed E-state index contributed by atoms with van der Waals surface area (Å²) in [5.41, 5.74) is 1.25. The molecule has 6 nitrogen and oxygen atoms in total. The van der Waals surface area contributed by atoms with Crippen molar-refractivity contribution in [3.8, 4) is 5.75 Å². The molecule has 1 fully saturated rings. The van der Waals surface area contributed by atoms with Gasteiger partial charge in [-0.2, -0.15) is 0 Å². The summed E-state index contributed by atoms with van der Waals surface area (Å²) in [6.45, 7) is 0. The molecule has 1 heterocycles. The number of nitrogens with zero attached hydrogens (tertiary/aromatic N) is 2. The molecule has 8 heteroatoms. The number of aliphatic imine (C=N–C) groups is 1. The van der Waals surface area contributed by atoms with Crippen molar-refractivity contribution in [3.05, 3.63) is 53.6 Å². The molecule has 2 amide bonds. The molecule has 0 spiro atoms. The molecule has 0 bridgehead atoms. The minimum Gasteiger partial charge on any atom is -0.495 e. The quantitative estimate of drug-likeness (QED) is 0.477. The minimum absolute atomic E-state index is 0.100. The van der Waals surface area contributed by atoms with Gasteiger partial charge in [0.05, 0.1) is 12.8 Å². The Morgan fingerprint density at radius 3 is 2.59 bits per heavy atom. The Labute approximate surface area is 166 Å². The third-order valence-corrected chi connectivity index (χ3v) is 5.40. The average molecular weight is 404 g/mol. The minimum atomic E-state index is -0.555. The van der Waals surface area contributed by atoms with E-state index in [1.165, 1.54) is 23.8 Å². The number of para-hydroxylation sites is 2. The summed E-state index contributed by atoms with van der Waals surface area (Å²) in [6.07, 6.45) is 0.100. The topological polar surface area (TPSA) is 71.0 Å². The molecule has 1 N–H and O–H groups in total. The number of amidine groups is 1. The Bertz CT molecular complexity index is 886. The van der Waals surface area contributed by atoms with Gasteiger partial charge in [0, 0.05) is 24.2 Å². The molecule has 140 valence electrons. The van der Waals surface area contributed by atoms with Gasteiger partial charge in [-0.15, -0.1) is 0 Å². The van der Waals surface area contributed by atoms with E-state index in [4.69, 9.17) is 16.3 Å². The Morgan fingerprint density at radius 2 is 1.93 bits per heavy atom. The maximum absolute atomic E-state index is 12.9. The number of benzene rings is 2. The van der Waals surface area contributed by atoms with Gasteiger partial charge in [-0.3, -0.25) is 14.6 Å². The number of carbonyl (C=O) groups excluding carboxylic acids is 2. The first-order valence-electron chi connectivity index (χ1n) is 8.19. The number of methoxy groups -OCH3 is 1. The van der Waals surface area contributed by atoms with Crippen LogP contribution in [0.2, 0.25) is 5.02 Å². The van der Waals surface area contributed by atoms with Crippen molar-refractivity contribution >= 4 is 51.7 Å². The molecule has 1 aliphatic rings. The predicted octanol–water partition coefficient (Wildman–Crippen LogP) is 3.81. The van der Waals surface area contributed by atoms with Crippen molar-refractivity contribution in [3.63, 3.8) is 0 Å². The lowest BCUT2D eigenvalue weighted by Crippen LogP contribution is -2.32. The third-order valence-electron chi connectivity index (χ3n) is 3.98. The number of rotatable bonds is 4. The van der Waals surface area contributed by atoms with Crippen LogP contribution in [0.5, 0.6) is 5.75 Å². The van der Waals surface area contributed by atoms with Crippen LogP contribution >= 0.6 is 23.4 Å². The van der Waals surface area contributed by atoms with Crippen molar-refractivity contribution in [2.75, 3.05) is 24.4 Å². The van der Waals surface area contributed by atoms with Crippen LogP contribution in [0, 0.1) is 0 Å². The highest BCUT2D eigenvalue weighted by Gasteiger charge is 2.41. The Hall–Kier alpha value is -2.51. The van der Waals surface area contributed by atoms with E-state index in [1.807, 2.05) is 12.1 Å². The predicted molar refractivity (Wildman–Crippen MR) is 110 cm³/mol. The van der Waals surface area contributed by atoms with E-state index >= 15 is 0 Å². The first-order chi connectivity index (χ1) is 13.0. The van der Waals surface area contributed by atoms with Crippen LogP contribution in [0.4, 0.5) is 11.4 Å². The van der Waals surface area contributed by atoms with Crippen molar-refractivity contribution in [1.29, 1.82) is 0 Å². The molecule has 0 unspecified atom stereocenters. The number of nitrogens with one attached hydrogen (secondary N) is 1. The number of imide groups is 1. The van der Waals surface area contributed by atoms with Gasteiger partial charge >= 0.3 is 0 Å². The molecule has 0 aliphatic carbocycles. The SMILES string of the molecule is CN=C(Nc1ccc(Cl)cc1)S[C@H]1CC(=O)N(c2ccccc2OC)C1=O. The van der Waals surface area contributed by atoms with E-state index in [0.29, 0.717) is 21.6 Å². The first kappa shape index (κ1) is 19.3. The van der Waals surface area contributed by atoms with Crippen molar-refractivity contribution in [1.82, 2.24) is 0 Å². The highest BCUT2D eigenvalue weighted by Crippen LogP contribution is 2.35. The monoisotopic (exact) mass is 403 g/mol. The van der Waals surface area contributed by atoms with Gasteiger partial charge in [-0.25, -0.2) is 4.90 Å². The molecule has 0 saturated carbocycles. The van der Waals surface area contributed by atoms with E-state index in [0.717, 1.165) is 5.69 Å². The highest BCUT2D eigenvalue weighted by atomic mass is 35.5. The number of anilines is 2. The molecule has 27 heavy (non-hydrogen) atoms. The highest BCUT2D eigenvalue weighted by molar-refractivity contribution is 8.15. The van der Waals surface area contributed by atoms with Crippen LogP contribution in [-0.2, 0) is 9.59 Å². The Balaban J connectivity index is 1.75. The number of carbonyl (C=O) groups is 2. The lowest BCUT2D eigenvalue weighted by Gasteiger charge is -2.18. The summed E-state index contributed by atoms with van der Waals surface area (Å²) in [5, 5.41) is 3.77. The largest absolute Gasteiger partial charge is 0.495 e. The van der Waals surface area contributed by atoms with Gasteiger partial charge in [0.15, 0.2) is 5.17 Å². The summed E-state index contributed by atoms with van der Waals surface area (Å²) in [7, 11) is 3.14. The molecule has 3 rings (SSSR count). The van der Waals surface area contributed by atoms with Crippen molar-refractivity contribution in [2.45, 2.75) is 11.7 Å². The maximum atomic E-state index is 12.9. The second kappa shape index (κ2) is 8.45. The number of amides is 2. The third kappa shape index (κ3) is 4.26. The maximum Gasteiger partial charge on any atom is 0.248 e. The fraction of sp³-hybridized carbons (Fsp3) is 0.211. The van der Waals surface area contributed by atoms with Gasteiger partial charge < -0.3 is 10.1 Å². The summed E-state index contributed by atoms with van der Waals surface area (Å²) in [4.78, 5) is 30.7. The molecule has 0 aromatic heterocycles. The fourth-order valence-electron chi connectivity index (χ4n) is 2.69. The van der Waals surface area contributed by atoms with Gasteiger partial charge in [0.1, 0.15) is 11.0 Å². The Kier molecular flexibility index (Phi) is 6.03. The summed E-state index contributed by atoms with van der Waals surface area (Å²) >= 11 is 7.12. The van der Waals surface area contributed by atoms with Crippen LogP contribution < -0.4 is 15.0 Å². The Morgan fingerprint density at radius 1 is 1.22 bits per heavy atom. The second-order valence-corrected chi connectivity index (χ2v) is 7.34. The van der Waals surface area contributed by atoms with Gasteiger partial charge in [-0.1, -0.05) is 35.5 Å².